The summed E-state index contributed by atoms with van der Waals surface area (Å²) in [5.74, 6) is 0. The molecule has 3 nitrogen and oxygen atoms in total. The van der Waals surface area contributed by atoms with Gasteiger partial charge < -0.3 is 0 Å². The molecule has 0 saturated heterocycles. The fourth-order valence-corrected chi connectivity index (χ4v) is 1.44. The molecule has 0 unspecified atom stereocenters. The third-order valence-corrected chi connectivity index (χ3v) is 2.05. The smallest absolute Gasteiger partial charge is 0.298 e. The van der Waals surface area contributed by atoms with Gasteiger partial charge in [0.25, 0.3) is 0 Å². The fourth-order valence-electron chi connectivity index (χ4n) is 1.44. The largest absolute Gasteiger partial charge is 0.417 e. The zero-order valence-corrected chi connectivity index (χ0v) is 8.38. The van der Waals surface area contributed by atoms with Crippen LogP contribution in [0.1, 0.15) is 27.0 Å². The molecule has 0 aliphatic heterocycles. The van der Waals surface area contributed by atoms with Crippen LogP contribution in [0.2, 0.25) is 0 Å². The highest BCUT2D eigenvalue weighted by atomic mass is 19.4. The van der Waals surface area contributed by atoms with Crippen molar-refractivity contribution in [2.45, 2.75) is 12.6 Å². The normalized spacial score (nSPS) is 10.4. The van der Waals surface area contributed by atoms with Crippen molar-refractivity contribution in [2.24, 2.45) is 0 Å². The minimum Gasteiger partial charge on any atom is -0.298 e. The summed E-state index contributed by atoms with van der Waals surface area (Å²) in [5, 5.41) is 17.1. The molecule has 0 aliphatic rings. The number of carbonyl (C=O) groups excluding carboxylic acids is 1. The van der Waals surface area contributed by atoms with Gasteiger partial charge in [0.05, 0.1) is 29.7 Å². The number of hydrogen-bond acceptors (Lipinski definition) is 3. The van der Waals surface area contributed by atoms with Crippen LogP contribution < -0.4 is 0 Å². The van der Waals surface area contributed by atoms with Crippen molar-refractivity contribution in [3.8, 4) is 12.1 Å². The molecule has 0 bridgehead atoms. The van der Waals surface area contributed by atoms with Crippen LogP contribution in [-0.2, 0) is 12.6 Å². The molecular weight excluding hydrogens is 233 g/mol. The lowest BCUT2D eigenvalue weighted by Gasteiger charge is -2.13. The van der Waals surface area contributed by atoms with Crippen molar-refractivity contribution >= 4 is 6.29 Å². The Morgan fingerprint density at radius 1 is 1.29 bits per heavy atom. The number of nitriles is 2. The van der Waals surface area contributed by atoms with Gasteiger partial charge in [-0.3, -0.25) is 4.79 Å². The topological polar surface area (TPSA) is 64.7 Å². The first-order chi connectivity index (χ1) is 7.93. The quantitative estimate of drug-likeness (QED) is 0.743. The Hall–Kier alpha value is -2.34. The molecule has 1 rings (SSSR count). The van der Waals surface area contributed by atoms with Crippen molar-refractivity contribution in [3.05, 3.63) is 34.4 Å². The van der Waals surface area contributed by atoms with Crippen LogP contribution in [-0.4, -0.2) is 6.29 Å². The molecule has 17 heavy (non-hydrogen) atoms. The average molecular weight is 238 g/mol. The number of hydrogen-bond donors (Lipinski definition) is 0. The minimum absolute atomic E-state index is 0.0557. The van der Waals surface area contributed by atoms with Crippen molar-refractivity contribution in [3.63, 3.8) is 0 Å². The second kappa shape index (κ2) is 4.67. The summed E-state index contributed by atoms with van der Waals surface area (Å²) < 4.78 is 38.1. The van der Waals surface area contributed by atoms with Crippen LogP contribution in [0.5, 0.6) is 0 Å². The van der Waals surface area contributed by atoms with E-state index in [0.717, 1.165) is 12.1 Å². The number of aldehydes is 1. The number of benzene rings is 1. The van der Waals surface area contributed by atoms with Gasteiger partial charge in [0.2, 0.25) is 0 Å². The second-order valence-corrected chi connectivity index (χ2v) is 3.16. The Morgan fingerprint density at radius 2 is 1.94 bits per heavy atom. The average Bonchev–Trinajstić information content (AvgIpc) is 2.26. The van der Waals surface area contributed by atoms with Crippen LogP contribution in [0, 0.1) is 22.7 Å². The van der Waals surface area contributed by atoms with Crippen molar-refractivity contribution in [2.75, 3.05) is 0 Å². The minimum atomic E-state index is -4.72. The molecule has 0 spiro atoms. The summed E-state index contributed by atoms with van der Waals surface area (Å²) in [6.07, 6.45) is -4.90. The van der Waals surface area contributed by atoms with Crippen LogP contribution in [0.15, 0.2) is 12.1 Å². The van der Waals surface area contributed by atoms with E-state index in [0.29, 0.717) is 6.29 Å². The lowest BCUT2D eigenvalue weighted by molar-refractivity contribution is -0.138. The Labute approximate surface area is 94.7 Å². The van der Waals surface area contributed by atoms with E-state index in [2.05, 4.69) is 0 Å². The Balaban J connectivity index is 3.60. The number of alkyl halides is 3. The van der Waals surface area contributed by atoms with E-state index in [1.807, 2.05) is 0 Å². The summed E-state index contributed by atoms with van der Waals surface area (Å²) in [6, 6.07) is 4.79. The molecule has 1 aromatic rings. The van der Waals surface area contributed by atoms with Crippen molar-refractivity contribution in [1.29, 1.82) is 10.5 Å². The maximum absolute atomic E-state index is 12.7. The van der Waals surface area contributed by atoms with Crippen LogP contribution in [0.3, 0.4) is 0 Å². The standard InChI is InChI=1S/C11H5F3N2O/c12-11(13,14)10-8(1-2-15)3-7(6-17)4-9(10)5-16/h3-4,6H,1H2. The Morgan fingerprint density at radius 3 is 2.35 bits per heavy atom. The van der Waals surface area contributed by atoms with E-state index in [1.165, 1.54) is 6.07 Å². The number of halogens is 3. The van der Waals surface area contributed by atoms with Crippen molar-refractivity contribution in [1.82, 2.24) is 0 Å². The summed E-state index contributed by atoms with van der Waals surface area (Å²) >= 11 is 0. The number of nitrogens with zero attached hydrogens (tertiary/aromatic N) is 2. The van der Waals surface area contributed by atoms with E-state index in [4.69, 9.17) is 10.5 Å². The predicted molar refractivity (Wildman–Crippen MR) is 50.9 cm³/mol. The highest BCUT2D eigenvalue weighted by Crippen LogP contribution is 2.35. The summed E-state index contributed by atoms with van der Waals surface area (Å²) in [4.78, 5) is 10.5. The molecule has 0 saturated carbocycles. The zero-order chi connectivity index (χ0) is 13.1. The first-order valence-electron chi connectivity index (χ1n) is 4.40. The zero-order valence-electron chi connectivity index (χ0n) is 8.38. The molecule has 1 aromatic carbocycles. The van der Waals surface area contributed by atoms with Gasteiger partial charge in [-0.05, 0) is 17.7 Å². The van der Waals surface area contributed by atoms with Crippen molar-refractivity contribution < 1.29 is 18.0 Å². The van der Waals surface area contributed by atoms with Crippen LogP contribution >= 0.6 is 0 Å². The molecule has 0 fully saturated rings. The van der Waals surface area contributed by atoms with Gasteiger partial charge in [-0.2, -0.15) is 23.7 Å². The third kappa shape index (κ3) is 2.61. The van der Waals surface area contributed by atoms with Crippen LogP contribution in [0.25, 0.3) is 0 Å². The third-order valence-electron chi connectivity index (χ3n) is 2.05. The monoisotopic (exact) mass is 238 g/mol. The molecule has 0 radical (unpaired) electrons. The highest BCUT2D eigenvalue weighted by Gasteiger charge is 2.36. The van der Waals surface area contributed by atoms with E-state index in [1.54, 1.807) is 6.07 Å². The summed E-state index contributed by atoms with van der Waals surface area (Å²) in [5.41, 5.74) is -2.21. The van der Waals surface area contributed by atoms with Gasteiger partial charge in [0.15, 0.2) is 0 Å². The lowest BCUT2D eigenvalue weighted by atomic mass is 9.96. The molecule has 0 N–H and O–H groups in total. The first-order valence-corrected chi connectivity index (χ1v) is 4.40. The van der Waals surface area contributed by atoms with Gasteiger partial charge in [0, 0.05) is 5.56 Å². The fraction of sp³-hybridized carbons (Fsp3) is 0.182. The SMILES string of the molecule is N#CCc1cc(C=O)cc(C#N)c1C(F)(F)F. The van der Waals surface area contributed by atoms with E-state index >= 15 is 0 Å². The molecule has 6 heteroatoms. The van der Waals surface area contributed by atoms with E-state index in [-0.39, 0.29) is 11.1 Å². The van der Waals surface area contributed by atoms with E-state index in [9.17, 15) is 18.0 Å². The molecule has 0 aromatic heterocycles. The second-order valence-electron chi connectivity index (χ2n) is 3.16. The maximum Gasteiger partial charge on any atom is 0.417 e. The number of carbonyl (C=O) groups is 1. The highest BCUT2D eigenvalue weighted by molar-refractivity contribution is 5.77. The molecule has 0 atom stereocenters. The summed E-state index contributed by atoms with van der Waals surface area (Å²) in [7, 11) is 0. The summed E-state index contributed by atoms with van der Waals surface area (Å²) in [6.45, 7) is 0. The predicted octanol–water partition coefficient (Wildman–Crippen LogP) is 2.46. The lowest BCUT2D eigenvalue weighted by Crippen LogP contribution is -2.12. The van der Waals surface area contributed by atoms with Crippen LogP contribution in [0.4, 0.5) is 13.2 Å². The molecule has 86 valence electrons. The molecule has 0 heterocycles. The van der Waals surface area contributed by atoms with Gasteiger partial charge >= 0.3 is 6.18 Å². The van der Waals surface area contributed by atoms with Gasteiger partial charge in [0.1, 0.15) is 6.29 Å². The Kier molecular flexibility index (Phi) is 3.49. The molecular formula is C11H5F3N2O. The number of rotatable bonds is 2. The van der Waals surface area contributed by atoms with Gasteiger partial charge in [-0.25, -0.2) is 0 Å². The van der Waals surface area contributed by atoms with E-state index < -0.39 is 23.7 Å². The van der Waals surface area contributed by atoms with Gasteiger partial charge in [-0.1, -0.05) is 0 Å². The van der Waals surface area contributed by atoms with Gasteiger partial charge in [-0.15, -0.1) is 0 Å². The Bertz CT molecular complexity index is 535. The molecule has 0 amide bonds. The molecule has 0 aliphatic carbocycles. The maximum atomic E-state index is 12.7. The first kappa shape index (κ1) is 12.7.